The Hall–Kier alpha value is -2.87. The number of hydrogen-bond donors (Lipinski definition) is 1. The van der Waals surface area contributed by atoms with Crippen molar-refractivity contribution in [2.24, 2.45) is 0 Å². The molecule has 3 rings (SSSR count). The third-order valence-electron chi connectivity index (χ3n) is 5.00. The predicted molar refractivity (Wildman–Crippen MR) is 100 cm³/mol. The molecule has 5 nitrogen and oxygen atoms in total. The van der Waals surface area contributed by atoms with Crippen LogP contribution in [0.2, 0.25) is 0 Å². The Morgan fingerprint density at radius 3 is 2.54 bits per heavy atom. The van der Waals surface area contributed by atoms with Crippen LogP contribution >= 0.6 is 0 Å². The molecule has 1 aromatic carbocycles. The minimum absolute atomic E-state index is 0.0371. The molecule has 2 amide bonds. The largest absolute Gasteiger partial charge is 0.331 e. The number of nitrogens with zero attached hydrogens (tertiary/aromatic N) is 3. The van der Waals surface area contributed by atoms with Crippen molar-refractivity contribution in [3.05, 3.63) is 66.0 Å². The number of amides is 2. The van der Waals surface area contributed by atoms with E-state index in [4.69, 9.17) is 5.26 Å². The van der Waals surface area contributed by atoms with Crippen molar-refractivity contribution in [3.8, 4) is 6.07 Å². The quantitative estimate of drug-likeness (QED) is 0.887. The van der Waals surface area contributed by atoms with Crippen molar-refractivity contribution in [2.45, 2.75) is 37.6 Å². The molecule has 1 aliphatic rings. The maximum atomic E-state index is 12.7. The van der Waals surface area contributed by atoms with Gasteiger partial charge in [0, 0.05) is 31.9 Å². The maximum absolute atomic E-state index is 12.7. The molecule has 0 unspecified atom stereocenters. The third-order valence-corrected chi connectivity index (χ3v) is 5.00. The van der Waals surface area contributed by atoms with E-state index in [2.05, 4.69) is 28.5 Å². The molecule has 26 heavy (non-hydrogen) atoms. The highest BCUT2D eigenvalue weighted by molar-refractivity contribution is 5.74. The topological polar surface area (TPSA) is 69.0 Å². The molecule has 1 N–H and O–H groups in total. The van der Waals surface area contributed by atoms with Gasteiger partial charge in [-0.05, 0) is 48.4 Å². The molecular weight excluding hydrogens is 324 g/mol. The normalized spacial score (nSPS) is 15.9. The van der Waals surface area contributed by atoms with Crippen molar-refractivity contribution in [2.75, 3.05) is 13.1 Å². The molecule has 0 saturated carbocycles. The summed E-state index contributed by atoms with van der Waals surface area (Å²) in [6.45, 7) is 1.50. The molecule has 2 heterocycles. The van der Waals surface area contributed by atoms with E-state index in [9.17, 15) is 4.79 Å². The van der Waals surface area contributed by atoms with Gasteiger partial charge in [-0.2, -0.15) is 5.26 Å². The molecule has 1 atom stereocenters. The summed E-state index contributed by atoms with van der Waals surface area (Å²) < 4.78 is 0. The van der Waals surface area contributed by atoms with E-state index in [0.717, 1.165) is 31.5 Å². The molecular formula is C21H24N4O. The fourth-order valence-corrected chi connectivity index (χ4v) is 3.51. The Labute approximate surface area is 154 Å². The summed E-state index contributed by atoms with van der Waals surface area (Å²) in [4.78, 5) is 18.7. The van der Waals surface area contributed by atoms with Crippen LogP contribution in [0.3, 0.4) is 0 Å². The van der Waals surface area contributed by atoms with Gasteiger partial charge < -0.3 is 10.2 Å². The molecule has 1 fully saturated rings. The summed E-state index contributed by atoms with van der Waals surface area (Å²) >= 11 is 0. The fourth-order valence-electron chi connectivity index (χ4n) is 3.51. The molecule has 5 heteroatoms. The van der Waals surface area contributed by atoms with Gasteiger partial charge in [0.05, 0.1) is 12.1 Å². The van der Waals surface area contributed by atoms with E-state index in [1.807, 2.05) is 47.6 Å². The van der Waals surface area contributed by atoms with Crippen molar-refractivity contribution < 1.29 is 4.79 Å². The first-order valence-corrected chi connectivity index (χ1v) is 9.15. The first kappa shape index (κ1) is 17.9. The second-order valence-corrected chi connectivity index (χ2v) is 6.65. The van der Waals surface area contributed by atoms with Crippen LogP contribution in [0.25, 0.3) is 0 Å². The average Bonchev–Trinajstić information content (AvgIpc) is 2.72. The van der Waals surface area contributed by atoms with Crippen LogP contribution in [-0.2, 0) is 0 Å². The number of carbonyl (C=O) groups is 1. The van der Waals surface area contributed by atoms with Gasteiger partial charge >= 0.3 is 6.03 Å². The van der Waals surface area contributed by atoms with Gasteiger partial charge in [0.2, 0.25) is 0 Å². The summed E-state index contributed by atoms with van der Waals surface area (Å²) in [5.41, 5.74) is 2.35. The summed E-state index contributed by atoms with van der Waals surface area (Å²) in [6, 6.07) is 16.0. The zero-order valence-corrected chi connectivity index (χ0v) is 14.8. The van der Waals surface area contributed by atoms with Crippen LogP contribution < -0.4 is 5.32 Å². The Bertz CT molecular complexity index is 734. The van der Waals surface area contributed by atoms with Crippen LogP contribution in [0.5, 0.6) is 0 Å². The first-order valence-electron chi connectivity index (χ1n) is 9.15. The lowest BCUT2D eigenvalue weighted by Crippen LogP contribution is -2.45. The van der Waals surface area contributed by atoms with Gasteiger partial charge in [-0.25, -0.2) is 4.79 Å². The second-order valence-electron chi connectivity index (χ2n) is 6.65. The summed E-state index contributed by atoms with van der Waals surface area (Å²) in [5.74, 6) is 0.491. The Morgan fingerprint density at radius 1 is 1.19 bits per heavy atom. The molecule has 2 aromatic rings. The van der Waals surface area contributed by atoms with E-state index in [0.29, 0.717) is 18.8 Å². The number of aromatic nitrogens is 1. The lowest BCUT2D eigenvalue weighted by molar-refractivity contribution is 0.177. The number of rotatable bonds is 5. The van der Waals surface area contributed by atoms with E-state index < -0.39 is 0 Å². The Kier molecular flexibility index (Phi) is 6.21. The minimum Gasteiger partial charge on any atom is -0.331 e. The molecule has 0 radical (unpaired) electrons. The first-order chi connectivity index (χ1) is 12.8. The number of hydrogen-bond acceptors (Lipinski definition) is 3. The highest BCUT2D eigenvalue weighted by Crippen LogP contribution is 2.28. The van der Waals surface area contributed by atoms with Crippen LogP contribution in [0, 0.1) is 11.3 Å². The number of pyridine rings is 1. The standard InChI is InChI=1S/C21H24N4O/c22-12-4-7-20(19-5-2-1-3-6-19)24-21(26)25-15-10-18(11-16-25)17-8-13-23-14-9-17/h1-3,5-6,8-9,13-14,18,20H,4,7,10-11,15-16H2,(H,24,26)/t20-/m0/s1. The molecule has 1 aliphatic heterocycles. The van der Waals surface area contributed by atoms with Crippen LogP contribution in [0.1, 0.15) is 48.8 Å². The number of carbonyl (C=O) groups excluding carboxylic acids is 1. The van der Waals surface area contributed by atoms with E-state index in [1.54, 1.807) is 0 Å². The SMILES string of the molecule is N#CCC[C@H](NC(=O)N1CCC(c2ccncc2)CC1)c1ccccc1. The zero-order chi connectivity index (χ0) is 18.2. The molecule has 1 saturated heterocycles. The van der Waals surface area contributed by atoms with Gasteiger partial charge in [0.25, 0.3) is 0 Å². The lowest BCUT2D eigenvalue weighted by atomic mass is 9.90. The van der Waals surface area contributed by atoms with Crippen LogP contribution in [0.4, 0.5) is 4.79 Å². The number of nitriles is 1. The Morgan fingerprint density at radius 2 is 1.88 bits per heavy atom. The Balaban J connectivity index is 1.58. The van der Waals surface area contributed by atoms with E-state index in [-0.39, 0.29) is 12.1 Å². The average molecular weight is 348 g/mol. The summed E-state index contributed by atoms with van der Waals surface area (Å²) in [5, 5.41) is 12.0. The molecule has 134 valence electrons. The van der Waals surface area contributed by atoms with Gasteiger partial charge in [-0.1, -0.05) is 30.3 Å². The van der Waals surface area contributed by atoms with Crippen molar-refractivity contribution in [3.63, 3.8) is 0 Å². The van der Waals surface area contributed by atoms with Crippen molar-refractivity contribution in [1.29, 1.82) is 5.26 Å². The highest BCUT2D eigenvalue weighted by atomic mass is 16.2. The monoisotopic (exact) mass is 348 g/mol. The second kappa shape index (κ2) is 9.00. The summed E-state index contributed by atoms with van der Waals surface area (Å²) in [7, 11) is 0. The number of piperidine rings is 1. The van der Waals surface area contributed by atoms with Gasteiger partial charge in [0.15, 0.2) is 0 Å². The number of likely N-dealkylation sites (tertiary alicyclic amines) is 1. The summed E-state index contributed by atoms with van der Waals surface area (Å²) in [6.07, 6.45) is 6.63. The number of benzene rings is 1. The predicted octanol–water partition coefficient (Wildman–Crippen LogP) is 4.02. The van der Waals surface area contributed by atoms with Gasteiger partial charge in [-0.3, -0.25) is 4.98 Å². The number of nitrogens with one attached hydrogen (secondary N) is 1. The van der Waals surface area contributed by atoms with Gasteiger partial charge in [-0.15, -0.1) is 0 Å². The van der Waals surface area contributed by atoms with Crippen LogP contribution in [-0.4, -0.2) is 29.0 Å². The number of urea groups is 1. The van der Waals surface area contributed by atoms with Crippen LogP contribution in [0.15, 0.2) is 54.9 Å². The van der Waals surface area contributed by atoms with Gasteiger partial charge in [0.1, 0.15) is 0 Å². The highest BCUT2D eigenvalue weighted by Gasteiger charge is 2.25. The molecule has 0 bridgehead atoms. The molecule has 0 spiro atoms. The van der Waals surface area contributed by atoms with Crippen molar-refractivity contribution >= 4 is 6.03 Å². The van der Waals surface area contributed by atoms with Crippen molar-refractivity contribution in [1.82, 2.24) is 15.2 Å². The minimum atomic E-state index is -0.124. The lowest BCUT2D eigenvalue weighted by Gasteiger charge is -2.33. The van der Waals surface area contributed by atoms with E-state index >= 15 is 0 Å². The third kappa shape index (κ3) is 4.60. The fraction of sp³-hybridized carbons (Fsp3) is 0.381. The molecule has 0 aliphatic carbocycles. The smallest absolute Gasteiger partial charge is 0.317 e. The zero-order valence-electron chi connectivity index (χ0n) is 14.8. The maximum Gasteiger partial charge on any atom is 0.317 e. The molecule has 1 aromatic heterocycles. The van der Waals surface area contributed by atoms with E-state index in [1.165, 1.54) is 5.56 Å².